The second kappa shape index (κ2) is 8.13. The summed E-state index contributed by atoms with van der Waals surface area (Å²) >= 11 is 0. The molecule has 1 aliphatic heterocycles. The molecule has 4 aromatic rings. The molecule has 9 nitrogen and oxygen atoms in total. The molecule has 0 saturated heterocycles. The summed E-state index contributed by atoms with van der Waals surface area (Å²) in [6, 6.07) is 11.8. The Kier molecular flexibility index (Phi) is 5.34. The van der Waals surface area contributed by atoms with E-state index in [9.17, 15) is 18.0 Å². The minimum absolute atomic E-state index is 0.0790. The van der Waals surface area contributed by atoms with Crippen LogP contribution in [0.25, 0.3) is 33.4 Å². The standard InChI is InChI=1S/C18H14N6O.C2HF3O2/c25-18-17-9-16(23-24(17)6-5-20-18)12-3-4-19-15(8-12)11-1-2-14-13(7-11)10-21-22-14;3-2(4,5)1(6)7/h1-4,7-10H,5-6H2,(H,20,25)(H,21,22);(H,6,7). The van der Waals surface area contributed by atoms with Gasteiger partial charge in [0.1, 0.15) is 5.69 Å². The topological polar surface area (TPSA) is 126 Å². The van der Waals surface area contributed by atoms with Crippen LogP contribution >= 0.6 is 0 Å². The number of benzene rings is 1. The van der Waals surface area contributed by atoms with Crippen molar-refractivity contribution in [1.29, 1.82) is 0 Å². The average molecular weight is 444 g/mol. The smallest absolute Gasteiger partial charge is 0.475 e. The molecule has 1 amide bonds. The highest BCUT2D eigenvalue weighted by molar-refractivity contribution is 5.94. The average Bonchev–Trinajstić information content (AvgIpc) is 3.41. The number of aliphatic carboxylic acids is 1. The zero-order valence-corrected chi connectivity index (χ0v) is 16.2. The maximum Gasteiger partial charge on any atom is 0.490 e. The predicted molar refractivity (Wildman–Crippen MR) is 107 cm³/mol. The van der Waals surface area contributed by atoms with Crippen LogP contribution in [0.2, 0.25) is 0 Å². The van der Waals surface area contributed by atoms with Gasteiger partial charge >= 0.3 is 12.1 Å². The van der Waals surface area contributed by atoms with Crippen molar-refractivity contribution in [2.24, 2.45) is 0 Å². The number of alkyl halides is 3. The Bertz CT molecular complexity index is 1310. The summed E-state index contributed by atoms with van der Waals surface area (Å²) < 4.78 is 33.5. The Morgan fingerprint density at radius 2 is 1.84 bits per heavy atom. The van der Waals surface area contributed by atoms with Crippen LogP contribution in [-0.2, 0) is 11.3 Å². The first-order chi connectivity index (χ1) is 15.2. The van der Waals surface area contributed by atoms with E-state index in [0.29, 0.717) is 18.8 Å². The number of fused-ring (bicyclic) bond motifs is 2. The number of nitrogens with one attached hydrogen (secondary N) is 2. The number of amides is 1. The molecule has 3 aromatic heterocycles. The van der Waals surface area contributed by atoms with Crippen molar-refractivity contribution in [2.45, 2.75) is 12.7 Å². The quantitative estimate of drug-likeness (QED) is 0.437. The molecule has 0 aliphatic carbocycles. The van der Waals surface area contributed by atoms with E-state index >= 15 is 0 Å². The molecule has 0 unspecified atom stereocenters. The highest BCUT2D eigenvalue weighted by Gasteiger charge is 2.38. The van der Waals surface area contributed by atoms with E-state index in [2.05, 4.69) is 31.7 Å². The van der Waals surface area contributed by atoms with Crippen molar-refractivity contribution < 1.29 is 27.9 Å². The maximum absolute atomic E-state index is 11.9. The van der Waals surface area contributed by atoms with Gasteiger partial charge in [-0.1, -0.05) is 6.07 Å². The van der Waals surface area contributed by atoms with Crippen LogP contribution < -0.4 is 5.32 Å². The highest BCUT2D eigenvalue weighted by Crippen LogP contribution is 2.26. The zero-order valence-electron chi connectivity index (χ0n) is 16.2. The van der Waals surface area contributed by atoms with Crippen LogP contribution in [-0.4, -0.2) is 54.7 Å². The van der Waals surface area contributed by atoms with Gasteiger partial charge in [0.05, 0.1) is 29.6 Å². The first-order valence-electron chi connectivity index (χ1n) is 9.28. The molecule has 32 heavy (non-hydrogen) atoms. The van der Waals surface area contributed by atoms with E-state index in [1.54, 1.807) is 17.1 Å². The van der Waals surface area contributed by atoms with Gasteiger partial charge in [-0.05, 0) is 30.3 Å². The van der Waals surface area contributed by atoms with Gasteiger partial charge in [0.15, 0.2) is 0 Å². The molecule has 0 bridgehead atoms. The van der Waals surface area contributed by atoms with E-state index in [0.717, 1.165) is 33.4 Å². The second-order valence-corrected chi connectivity index (χ2v) is 6.80. The van der Waals surface area contributed by atoms with Crippen molar-refractivity contribution in [3.05, 3.63) is 54.5 Å². The number of carbonyl (C=O) groups is 2. The highest BCUT2D eigenvalue weighted by atomic mass is 19.4. The van der Waals surface area contributed by atoms with Gasteiger partial charge in [-0.15, -0.1) is 0 Å². The molecule has 164 valence electrons. The van der Waals surface area contributed by atoms with Crippen molar-refractivity contribution in [3.8, 4) is 22.5 Å². The van der Waals surface area contributed by atoms with E-state index in [1.165, 1.54) is 0 Å². The summed E-state index contributed by atoms with van der Waals surface area (Å²) in [6.45, 7) is 1.30. The van der Waals surface area contributed by atoms with Gasteiger partial charge in [-0.2, -0.15) is 23.4 Å². The lowest BCUT2D eigenvalue weighted by atomic mass is 10.1. The first-order valence-corrected chi connectivity index (χ1v) is 9.28. The zero-order chi connectivity index (χ0) is 22.9. The monoisotopic (exact) mass is 444 g/mol. The van der Waals surface area contributed by atoms with Gasteiger partial charge in [0.25, 0.3) is 5.91 Å². The first kappa shape index (κ1) is 21.0. The summed E-state index contributed by atoms with van der Waals surface area (Å²) in [4.78, 5) is 25.3. The Labute approximate surface area is 177 Å². The molecular formula is C20H15F3N6O3. The molecule has 4 heterocycles. The number of hydrogen-bond acceptors (Lipinski definition) is 5. The fraction of sp³-hybridized carbons (Fsp3) is 0.150. The van der Waals surface area contributed by atoms with Crippen LogP contribution in [0.1, 0.15) is 10.5 Å². The number of nitrogens with zero attached hydrogens (tertiary/aromatic N) is 4. The summed E-state index contributed by atoms with van der Waals surface area (Å²) in [5.74, 6) is -2.84. The Balaban J connectivity index is 0.000000307. The molecule has 5 rings (SSSR count). The third kappa shape index (κ3) is 4.29. The van der Waals surface area contributed by atoms with Crippen LogP contribution in [0.3, 0.4) is 0 Å². The SMILES string of the molecule is O=C(O)C(F)(F)F.O=C1NCCn2nc(-c3ccnc(-c4ccc5[nH]ncc5c4)c3)cc21. The number of aromatic amines is 1. The summed E-state index contributed by atoms with van der Waals surface area (Å²) in [5.41, 5.74) is 5.17. The Morgan fingerprint density at radius 3 is 2.56 bits per heavy atom. The molecule has 0 atom stereocenters. The molecular weight excluding hydrogens is 429 g/mol. The third-order valence-electron chi connectivity index (χ3n) is 4.66. The number of halogens is 3. The number of H-pyrrole nitrogens is 1. The van der Waals surface area contributed by atoms with E-state index in [4.69, 9.17) is 9.90 Å². The molecule has 0 radical (unpaired) electrons. The molecule has 1 aliphatic rings. The van der Waals surface area contributed by atoms with Crippen molar-refractivity contribution in [3.63, 3.8) is 0 Å². The Hall–Kier alpha value is -4.22. The lowest BCUT2D eigenvalue weighted by Gasteiger charge is -2.13. The van der Waals surface area contributed by atoms with Gasteiger partial charge in [0, 0.05) is 29.3 Å². The Morgan fingerprint density at radius 1 is 1.09 bits per heavy atom. The number of aromatic nitrogens is 5. The number of hydrogen-bond donors (Lipinski definition) is 3. The minimum atomic E-state index is -5.08. The van der Waals surface area contributed by atoms with E-state index in [-0.39, 0.29) is 5.91 Å². The predicted octanol–water partition coefficient (Wildman–Crippen LogP) is 2.87. The summed E-state index contributed by atoms with van der Waals surface area (Å²) in [5, 5.41) is 22.6. The fourth-order valence-electron chi connectivity index (χ4n) is 3.13. The van der Waals surface area contributed by atoms with Gasteiger partial charge in [0.2, 0.25) is 0 Å². The van der Waals surface area contributed by atoms with Crippen molar-refractivity contribution in [2.75, 3.05) is 6.54 Å². The second-order valence-electron chi connectivity index (χ2n) is 6.80. The minimum Gasteiger partial charge on any atom is -0.475 e. The number of carbonyl (C=O) groups excluding carboxylic acids is 1. The number of carboxylic acid groups (broad SMARTS) is 1. The third-order valence-corrected chi connectivity index (χ3v) is 4.66. The molecule has 0 saturated carbocycles. The number of pyridine rings is 1. The van der Waals surface area contributed by atoms with Crippen molar-refractivity contribution >= 4 is 22.8 Å². The van der Waals surface area contributed by atoms with Gasteiger partial charge in [-0.25, -0.2) is 4.79 Å². The fourth-order valence-corrected chi connectivity index (χ4v) is 3.13. The summed E-state index contributed by atoms with van der Waals surface area (Å²) in [6.07, 6.45) is -1.52. The van der Waals surface area contributed by atoms with Gasteiger partial charge < -0.3 is 10.4 Å². The number of rotatable bonds is 2. The molecule has 0 spiro atoms. The van der Waals surface area contributed by atoms with E-state index in [1.807, 2.05) is 30.3 Å². The molecule has 3 N–H and O–H groups in total. The summed E-state index contributed by atoms with van der Waals surface area (Å²) in [7, 11) is 0. The van der Waals surface area contributed by atoms with E-state index < -0.39 is 12.1 Å². The molecule has 12 heteroatoms. The van der Waals surface area contributed by atoms with Crippen LogP contribution in [0.5, 0.6) is 0 Å². The normalized spacial score (nSPS) is 13.2. The lowest BCUT2D eigenvalue weighted by molar-refractivity contribution is -0.192. The lowest BCUT2D eigenvalue weighted by Crippen LogP contribution is -2.35. The molecule has 1 aromatic carbocycles. The number of carboxylic acids is 1. The van der Waals surface area contributed by atoms with Crippen LogP contribution in [0.4, 0.5) is 13.2 Å². The largest absolute Gasteiger partial charge is 0.490 e. The van der Waals surface area contributed by atoms with Crippen molar-refractivity contribution in [1.82, 2.24) is 30.3 Å². The maximum atomic E-state index is 11.9. The van der Waals surface area contributed by atoms with Crippen LogP contribution in [0, 0.1) is 0 Å². The van der Waals surface area contributed by atoms with Crippen LogP contribution in [0.15, 0.2) is 48.8 Å². The molecule has 0 fully saturated rings. The van der Waals surface area contributed by atoms with Gasteiger partial charge in [-0.3, -0.25) is 19.6 Å².